The lowest BCUT2D eigenvalue weighted by atomic mass is 10.2. The van der Waals surface area contributed by atoms with Crippen molar-refractivity contribution >= 4 is 39.9 Å². The minimum atomic E-state index is -0.942. The zero-order chi connectivity index (χ0) is 12.3. The second-order valence-corrected chi connectivity index (χ2v) is 5.51. The molecule has 5 heteroatoms. The molecule has 0 unspecified atom stereocenters. The largest absolute Gasteiger partial charge is 0.487 e. The second-order valence-electron chi connectivity index (χ2n) is 3.32. The van der Waals surface area contributed by atoms with Gasteiger partial charge in [0.15, 0.2) is 0 Å². The van der Waals surface area contributed by atoms with Gasteiger partial charge in [-0.15, -0.1) is 11.3 Å². The minimum absolute atomic E-state index is 0.242. The van der Waals surface area contributed by atoms with Gasteiger partial charge in [-0.05, 0) is 52.2 Å². The molecule has 0 amide bonds. The first-order valence-corrected chi connectivity index (χ1v) is 6.80. The Labute approximate surface area is 116 Å². The van der Waals surface area contributed by atoms with Crippen LogP contribution in [0.25, 0.3) is 0 Å². The van der Waals surface area contributed by atoms with Gasteiger partial charge >= 0.3 is 5.97 Å². The number of carbonyl (C=O) groups is 1. The maximum absolute atomic E-state index is 10.8. The van der Waals surface area contributed by atoms with Gasteiger partial charge < -0.3 is 9.84 Å². The Morgan fingerprint density at radius 1 is 1.41 bits per heavy atom. The highest BCUT2D eigenvalue weighted by molar-refractivity contribution is 14.1. The molecule has 1 aromatic carbocycles. The van der Waals surface area contributed by atoms with E-state index in [0.29, 0.717) is 12.4 Å². The Kier molecular flexibility index (Phi) is 4.01. The van der Waals surface area contributed by atoms with Gasteiger partial charge in [0.1, 0.15) is 12.4 Å². The molecule has 0 radical (unpaired) electrons. The minimum Gasteiger partial charge on any atom is -0.487 e. The first kappa shape index (κ1) is 12.4. The van der Waals surface area contributed by atoms with Crippen LogP contribution in [0.4, 0.5) is 0 Å². The van der Waals surface area contributed by atoms with E-state index in [1.807, 2.05) is 17.5 Å². The summed E-state index contributed by atoms with van der Waals surface area (Å²) in [6.07, 6.45) is 0. The number of thiophene rings is 1. The number of hydrogen-bond donors (Lipinski definition) is 1. The number of rotatable bonds is 4. The summed E-state index contributed by atoms with van der Waals surface area (Å²) in [4.78, 5) is 12.0. The van der Waals surface area contributed by atoms with Gasteiger partial charge in [-0.1, -0.05) is 6.07 Å². The van der Waals surface area contributed by atoms with E-state index in [-0.39, 0.29) is 5.56 Å². The summed E-state index contributed by atoms with van der Waals surface area (Å²) >= 11 is 3.74. The lowest BCUT2D eigenvalue weighted by molar-refractivity contribution is 0.0696. The highest BCUT2D eigenvalue weighted by atomic mass is 127. The van der Waals surface area contributed by atoms with Crippen LogP contribution in [-0.2, 0) is 6.61 Å². The normalized spacial score (nSPS) is 10.2. The highest BCUT2D eigenvalue weighted by Gasteiger charge is 2.08. The fourth-order valence-electron chi connectivity index (χ4n) is 1.29. The first-order valence-electron chi connectivity index (χ1n) is 4.85. The Bertz CT molecular complexity index is 523. The zero-order valence-electron chi connectivity index (χ0n) is 8.72. The molecule has 0 bridgehead atoms. The molecule has 2 rings (SSSR count). The maximum atomic E-state index is 10.8. The van der Waals surface area contributed by atoms with Crippen LogP contribution >= 0.6 is 33.9 Å². The van der Waals surface area contributed by atoms with Crippen molar-refractivity contribution in [2.45, 2.75) is 6.61 Å². The van der Waals surface area contributed by atoms with Crippen molar-refractivity contribution in [2.24, 2.45) is 0 Å². The summed E-state index contributed by atoms with van der Waals surface area (Å²) in [5, 5.41) is 10.9. The molecular weight excluding hydrogens is 351 g/mol. The summed E-state index contributed by atoms with van der Waals surface area (Å²) in [5.74, 6) is -0.332. The molecule has 3 nitrogen and oxygen atoms in total. The van der Waals surface area contributed by atoms with Crippen LogP contribution < -0.4 is 4.74 Å². The zero-order valence-corrected chi connectivity index (χ0v) is 11.7. The SMILES string of the molecule is O=C(O)c1ccc(I)c(OCc2cccs2)c1. The van der Waals surface area contributed by atoms with E-state index in [4.69, 9.17) is 9.84 Å². The van der Waals surface area contributed by atoms with Crippen LogP contribution in [0.5, 0.6) is 5.75 Å². The number of aromatic carboxylic acids is 1. The molecule has 0 saturated heterocycles. The van der Waals surface area contributed by atoms with E-state index >= 15 is 0 Å². The van der Waals surface area contributed by atoms with Gasteiger partial charge in [0.25, 0.3) is 0 Å². The molecule has 0 fully saturated rings. The van der Waals surface area contributed by atoms with Crippen molar-refractivity contribution in [1.82, 2.24) is 0 Å². The van der Waals surface area contributed by atoms with E-state index in [9.17, 15) is 4.79 Å². The van der Waals surface area contributed by atoms with Crippen LogP contribution in [0.2, 0.25) is 0 Å². The van der Waals surface area contributed by atoms with E-state index in [1.54, 1.807) is 29.5 Å². The Morgan fingerprint density at radius 2 is 2.24 bits per heavy atom. The average Bonchev–Trinajstić information content (AvgIpc) is 2.80. The lowest BCUT2D eigenvalue weighted by Crippen LogP contribution is -2.00. The van der Waals surface area contributed by atoms with E-state index in [0.717, 1.165) is 8.45 Å². The van der Waals surface area contributed by atoms with E-state index in [2.05, 4.69) is 22.6 Å². The Hall–Kier alpha value is -1.08. The summed E-state index contributed by atoms with van der Waals surface area (Å²) in [6, 6.07) is 8.81. The number of hydrogen-bond acceptors (Lipinski definition) is 3. The number of benzene rings is 1. The van der Waals surface area contributed by atoms with Crippen LogP contribution in [0.15, 0.2) is 35.7 Å². The van der Waals surface area contributed by atoms with Crippen LogP contribution in [0, 0.1) is 3.57 Å². The predicted molar refractivity (Wildman–Crippen MR) is 74.8 cm³/mol. The smallest absolute Gasteiger partial charge is 0.335 e. The van der Waals surface area contributed by atoms with E-state index < -0.39 is 5.97 Å². The molecule has 88 valence electrons. The van der Waals surface area contributed by atoms with Gasteiger partial charge in [-0.3, -0.25) is 0 Å². The number of carboxylic acids is 1. The average molecular weight is 360 g/mol. The van der Waals surface area contributed by atoms with Crippen molar-refractivity contribution < 1.29 is 14.6 Å². The summed E-state index contributed by atoms with van der Waals surface area (Å²) in [5.41, 5.74) is 0.242. The van der Waals surface area contributed by atoms with Gasteiger partial charge in [0, 0.05) is 4.88 Å². The van der Waals surface area contributed by atoms with Crippen molar-refractivity contribution in [2.75, 3.05) is 0 Å². The number of ether oxygens (including phenoxy) is 1. The third kappa shape index (κ3) is 3.19. The van der Waals surface area contributed by atoms with Gasteiger partial charge in [0.2, 0.25) is 0 Å². The summed E-state index contributed by atoms with van der Waals surface area (Å²) in [6.45, 7) is 0.469. The molecule has 0 atom stereocenters. The van der Waals surface area contributed by atoms with Gasteiger partial charge in [-0.2, -0.15) is 0 Å². The molecule has 1 aromatic heterocycles. The van der Waals surface area contributed by atoms with Gasteiger partial charge in [0.05, 0.1) is 9.13 Å². The van der Waals surface area contributed by atoms with E-state index in [1.165, 1.54) is 0 Å². The molecule has 0 spiro atoms. The molecule has 1 N–H and O–H groups in total. The molecular formula is C12H9IO3S. The van der Waals surface area contributed by atoms with Crippen molar-refractivity contribution in [3.63, 3.8) is 0 Å². The molecule has 0 aliphatic carbocycles. The monoisotopic (exact) mass is 360 g/mol. The first-order chi connectivity index (χ1) is 8.16. The third-order valence-corrected chi connectivity index (χ3v) is 3.87. The highest BCUT2D eigenvalue weighted by Crippen LogP contribution is 2.24. The summed E-state index contributed by atoms with van der Waals surface area (Å²) in [7, 11) is 0. The third-order valence-electron chi connectivity index (χ3n) is 2.13. The summed E-state index contributed by atoms with van der Waals surface area (Å²) < 4.78 is 6.52. The molecule has 2 aromatic rings. The van der Waals surface area contributed by atoms with Crippen LogP contribution in [-0.4, -0.2) is 11.1 Å². The standard InChI is InChI=1S/C12H9IO3S/c13-10-4-3-8(12(14)15)6-11(10)16-7-9-2-1-5-17-9/h1-6H,7H2,(H,14,15). The van der Waals surface area contributed by atoms with Crippen molar-refractivity contribution in [3.05, 3.63) is 49.7 Å². The lowest BCUT2D eigenvalue weighted by Gasteiger charge is -2.07. The topological polar surface area (TPSA) is 46.5 Å². The molecule has 0 aliphatic rings. The molecule has 1 heterocycles. The molecule has 0 aliphatic heterocycles. The van der Waals surface area contributed by atoms with Crippen LogP contribution in [0.1, 0.15) is 15.2 Å². The number of carboxylic acid groups (broad SMARTS) is 1. The maximum Gasteiger partial charge on any atom is 0.335 e. The van der Waals surface area contributed by atoms with Crippen LogP contribution in [0.3, 0.4) is 0 Å². The number of halogens is 1. The van der Waals surface area contributed by atoms with Crippen molar-refractivity contribution in [1.29, 1.82) is 0 Å². The molecule has 17 heavy (non-hydrogen) atoms. The Morgan fingerprint density at radius 3 is 2.88 bits per heavy atom. The predicted octanol–water partition coefficient (Wildman–Crippen LogP) is 3.63. The fourth-order valence-corrected chi connectivity index (χ4v) is 2.40. The fraction of sp³-hybridized carbons (Fsp3) is 0.0833. The van der Waals surface area contributed by atoms with Crippen molar-refractivity contribution in [3.8, 4) is 5.75 Å². The molecule has 0 saturated carbocycles. The Balaban J connectivity index is 2.14. The second kappa shape index (κ2) is 5.50. The van der Waals surface area contributed by atoms with Gasteiger partial charge in [-0.25, -0.2) is 4.79 Å². The quantitative estimate of drug-likeness (QED) is 0.847.